The minimum Gasteiger partial charge on any atom is -0.302 e. The first-order chi connectivity index (χ1) is 8.75. The van der Waals surface area contributed by atoms with Gasteiger partial charge in [-0.25, -0.2) is 0 Å². The fourth-order valence-electron chi connectivity index (χ4n) is 1.73. The Kier molecular flexibility index (Phi) is 6.08. The van der Waals surface area contributed by atoms with Gasteiger partial charge in [0.1, 0.15) is 0 Å². The van der Waals surface area contributed by atoms with Crippen LogP contribution >= 0.6 is 0 Å². The largest absolute Gasteiger partial charge is 0.302 e. The first kappa shape index (κ1) is 14.4. The van der Waals surface area contributed by atoms with E-state index in [9.17, 15) is 9.59 Å². The predicted octanol–water partition coefficient (Wildman–Crippen LogP) is 1.61. The molecule has 4 nitrogen and oxygen atoms in total. The van der Waals surface area contributed by atoms with E-state index in [4.69, 9.17) is 0 Å². The van der Waals surface area contributed by atoms with Crippen LogP contribution in [0.2, 0.25) is 0 Å². The number of rotatable bonds is 3. The van der Waals surface area contributed by atoms with Gasteiger partial charge in [0, 0.05) is 13.0 Å². The van der Waals surface area contributed by atoms with Crippen molar-refractivity contribution < 1.29 is 9.59 Å². The molecule has 0 spiro atoms. The van der Waals surface area contributed by atoms with E-state index in [1.54, 1.807) is 0 Å². The molecule has 1 aromatic rings. The molecule has 0 radical (unpaired) electrons. The number of carbonyl (C=O) groups excluding carboxylic acids is 2. The number of hydrogen-bond donors (Lipinski definition) is 2. The van der Waals surface area contributed by atoms with E-state index in [0.29, 0.717) is 19.4 Å². The topological polar surface area (TPSA) is 58.2 Å². The van der Waals surface area contributed by atoms with Crippen LogP contribution in [0, 0.1) is 0 Å². The predicted molar refractivity (Wildman–Crippen MR) is 70.8 cm³/mol. The van der Waals surface area contributed by atoms with E-state index in [2.05, 4.69) is 10.6 Å². The third-order valence-corrected chi connectivity index (χ3v) is 2.63. The lowest BCUT2D eigenvalue weighted by Crippen LogP contribution is -2.50. The average molecular weight is 248 g/mol. The summed E-state index contributed by atoms with van der Waals surface area (Å²) in [5.74, 6) is -0.394. The average Bonchev–Trinajstić information content (AvgIpc) is 2.41. The maximum atomic E-state index is 11.4. The zero-order valence-corrected chi connectivity index (χ0v) is 10.9. The van der Waals surface area contributed by atoms with Gasteiger partial charge in [-0.15, -0.1) is 0 Å². The number of amides is 2. The van der Waals surface area contributed by atoms with Crippen LogP contribution in [0.25, 0.3) is 0 Å². The molecule has 0 bridgehead atoms. The fraction of sp³-hybridized carbons (Fsp3) is 0.429. The van der Waals surface area contributed by atoms with Crippen molar-refractivity contribution in [3.8, 4) is 0 Å². The van der Waals surface area contributed by atoms with Gasteiger partial charge in [0.25, 0.3) is 0 Å². The zero-order valence-electron chi connectivity index (χ0n) is 10.9. The Balaban J connectivity index is 0.000000771. The number of benzene rings is 1. The Morgan fingerprint density at radius 1 is 1.22 bits per heavy atom. The highest BCUT2D eigenvalue weighted by atomic mass is 16.2. The van der Waals surface area contributed by atoms with E-state index in [1.807, 2.05) is 44.2 Å². The molecule has 1 aliphatic heterocycles. The van der Waals surface area contributed by atoms with Crippen molar-refractivity contribution in [1.29, 1.82) is 0 Å². The molecule has 0 saturated carbocycles. The van der Waals surface area contributed by atoms with Crippen LogP contribution in [0.4, 0.5) is 0 Å². The monoisotopic (exact) mass is 248 g/mol. The van der Waals surface area contributed by atoms with Crippen molar-refractivity contribution in [3.05, 3.63) is 35.9 Å². The van der Waals surface area contributed by atoms with Gasteiger partial charge in [-0.2, -0.15) is 0 Å². The normalized spacial score (nSPS) is 18.7. The van der Waals surface area contributed by atoms with Crippen LogP contribution in [0.5, 0.6) is 0 Å². The molecule has 98 valence electrons. The summed E-state index contributed by atoms with van der Waals surface area (Å²) in [6.07, 6.45) is 0.996. The maximum Gasteiger partial charge on any atom is 0.243 e. The van der Waals surface area contributed by atoms with Gasteiger partial charge in [0.05, 0.1) is 6.04 Å². The smallest absolute Gasteiger partial charge is 0.243 e. The SMILES string of the molecule is CC.O=C1CCC(NCc2ccccc2)C(=O)N1. The summed E-state index contributed by atoms with van der Waals surface area (Å²) in [6.45, 7) is 4.65. The minimum atomic E-state index is -0.252. The quantitative estimate of drug-likeness (QED) is 0.799. The van der Waals surface area contributed by atoms with E-state index in [-0.39, 0.29) is 17.9 Å². The molecule has 18 heavy (non-hydrogen) atoms. The van der Waals surface area contributed by atoms with Crippen molar-refractivity contribution in [2.24, 2.45) is 0 Å². The summed E-state index contributed by atoms with van der Waals surface area (Å²) in [6, 6.07) is 9.62. The van der Waals surface area contributed by atoms with Crippen LogP contribution in [0.3, 0.4) is 0 Å². The number of imide groups is 1. The summed E-state index contributed by atoms with van der Waals surface area (Å²) < 4.78 is 0. The number of hydrogen-bond acceptors (Lipinski definition) is 3. The van der Waals surface area contributed by atoms with E-state index in [0.717, 1.165) is 5.56 Å². The Morgan fingerprint density at radius 3 is 2.50 bits per heavy atom. The third-order valence-electron chi connectivity index (χ3n) is 2.63. The highest BCUT2D eigenvalue weighted by Crippen LogP contribution is 2.06. The standard InChI is InChI=1S/C12H14N2O2.C2H6/c15-11-7-6-10(12(16)14-11)13-8-9-4-2-1-3-5-9;1-2/h1-5,10,13H,6-8H2,(H,14,15,16);1-2H3. The molecule has 1 heterocycles. The fourth-order valence-corrected chi connectivity index (χ4v) is 1.73. The molecule has 1 saturated heterocycles. The molecular weight excluding hydrogens is 228 g/mol. The number of nitrogens with one attached hydrogen (secondary N) is 2. The summed E-state index contributed by atoms with van der Waals surface area (Å²) in [4.78, 5) is 22.4. The Hall–Kier alpha value is -1.68. The first-order valence-electron chi connectivity index (χ1n) is 6.37. The van der Waals surface area contributed by atoms with Crippen LogP contribution in [-0.2, 0) is 16.1 Å². The second-order valence-corrected chi connectivity index (χ2v) is 3.87. The molecule has 2 rings (SSSR count). The molecule has 1 atom stereocenters. The van der Waals surface area contributed by atoms with E-state index < -0.39 is 0 Å². The van der Waals surface area contributed by atoms with Gasteiger partial charge in [0.2, 0.25) is 11.8 Å². The summed E-state index contributed by atoms with van der Waals surface area (Å²) >= 11 is 0. The molecule has 0 aliphatic carbocycles. The molecule has 4 heteroatoms. The molecular formula is C14H20N2O2. The summed E-state index contributed by atoms with van der Waals surface area (Å²) in [5.41, 5.74) is 1.13. The molecule has 1 aliphatic rings. The summed E-state index contributed by atoms with van der Waals surface area (Å²) in [5, 5.41) is 5.47. The minimum absolute atomic E-state index is 0.178. The highest BCUT2D eigenvalue weighted by molar-refractivity contribution is 6.00. The molecule has 2 N–H and O–H groups in total. The first-order valence-corrected chi connectivity index (χ1v) is 6.37. The van der Waals surface area contributed by atoms with Crippen molar-refractivity contribution in [2.45, 2.75) is 39.3 Å². The molecule has 0 aromatic heterocycles. The second kappa shape index (κ2) is 7.61. The van der Waals surface area contributed by atoms with E-state index >= 15 is 0 Å². The van der Waals surface area contributed by atoms with Gasteiger partial charge >= 0.3 is 0 Å². The van der Waals surface area contributed by atoms with E-state index in [1.165, 1.54) is 0 Å². The molecule has 1 aromatic carbocycles. The summed E-state index contributed by atoms with van der Waals surface area (Å²) in [7, 11) is 0. The van der Waals surface area contributed by atoms with Crippen molar-refractivity contribution in [1.82, 2.24) is 10.6 Å². The third kappa shape index (κ3) is 4.30. The molecule has 1 unspecified atom stereocenters. The lowest BCUT2D eigenvalue weighted by Gasteiger charge is -2.21. The zero-order chi connectivity index (χ0) is 13.4. The van der Waals surface area contributed by atoms with Gasteiger partial charge in [-0.05, 0) is 12.0 Å². The molecule has 2 amide bonds. The van der Waals surface area contributed by atoms with Gasteiger partial charge in [0.15, 0.2) is 0 Å². The Bertz CT molecular complexity index is 390. The number of piperidine rings is 1. The lowest BCUT2D eigenvalue weighted by molar-refractivity contribution is -0.134. The van der Waals surface area contributed by atoms with Crippen LogP contribution in [-0.4, -0.2) is 17.9 Å². The lowest BCUT2D eigenvalue weighted by atomic mass is 10.1. The highest BCUT2D eigenvalue weighted by Gasteiger charge is 2.25. The van der Waals surface area contributed by atoms with Crippen molar-refractivity contribution in [2.75, 3.05) is 0 Å². The Morgan fingerprint density at radius 2 is 1.89 bits per heavy atom. The van der Waals surface area contributed by atoms with Gasteiger partial charge in [-0.1, -0.05) is 44.2 Å². The van der Waals surface area contributed by atoms with Crippen LogP contribution in [0.15, 0.2) is 30.3 Å². The maximum absolute atomic E-state index is 11.4. The van der Waals surface area contributed by atoms with Crippen LogP contribution < -0.4 is 10.6 Å². The molecule has 1 fully saturated rings. The van der Waals surface area contributed by atoms with Crippen molar-refractivity contribution in [3.63, 3.8) is 0 Å². The van der Waals surface area contributed by atoms with Crippen molar-refractivity contribution >= 4 is 11.8 Å². The second-order valence-electron chi connectivity index (χ2n) is 3.87. The van der Waals surface area contributed by atoms with Gasteiger partial charge in [-0.3, -0.25) is 14.9 Å². The van der Waals surface area contributed by atoms with Gasteiger partial charge < -0.3 is 5.32 Å². The number of carbonyl (C=O) groups is 2. The Labute approximate surface area is 108 Å². The van der Waals surface area contributed by atoms with Crippen LogP contribution in [0.1, 0.15) is 32.3 Å².